The summed E-state index contributed by atoms with van der Waals surface area (Å²) in [4.78, 5) is 11.1. The first-order chi connectivity index (χ1) is 9.54. The topological polar surface area (TPSA) is 46.5 Å². The number of methoxy groups -OCH3 is 1. The largest absolute Gasteiger partial charge is 0.496 e. The highest BCUT2D eigenvalue weighted by atomic mass is 79.9. The van der Waals surface area contributed by atoms with Gasteiger partial charge in [0.2, 0.25) is 0 Å². The van der Waals surface area contributed by atoms with Crippen molar-refractivity contribution in [2.45, 2.75) is 44.9 Å². The van der Waals surface area contributed by atoms with Crippen molar-refractivity contribution in [1.82, 2.24) is 0 Å². The Morgan fingerprint density at radius 2 is 2.10 bits per heavy atom. The van der Waals surface area contributed by atoms with E-state index in [1.165, 1.54) is 18.4 Å². The fourth-order valence-electron chi connectivity index (χ4n) is 3.24. The molecule has 110 valence electrons. The molecule has 1 aromatic carbocycles. The first-order valence-corrected chi connectivity index (χ1v) is 7.88. The van der Waals surface area contributed by atoms with Crippen LogP contribution in [-0.2, 0) is 11.2 Å². The molecule has 3 nitrogen and oxygen atoms in total. The summed E-state index contributed by atoms with van der Waals surface area (Å²) in [7, 11) is 1.65. The Labute approximate surface area is 128 Å². The SMILES string of the molecule is COc1ccc(CCC2(CC(=O)O)CCCC2)cc1Br. The third-order valence-electron chi connectivity index (χ3n) is 4.35. The average Bonchev–Trinajstić information content (AvgIpc) is 2.84. The van der Waals surface area contributed by atoms with Crippen molar-refractivity contribution in [3.05, 3.63) is 28.2 Å². The summed E-state index contributed by atoms with van der Waals surface area (Å²) in [5.74, 6) is 0.165. The third kappa shape index (κ3) is 3.75. The Hall–Kier alpha value is -1.03. The van der Waals surface area contributed by atoms with Crippen LogP contribution in [0.3, 0.4) is 0 Å². The highest BCUT2D eigenvalue weighted by Gasteiger charge is 2.35. The average molecular weight is 341 g/mol. The number of carbonyl (C=O) groups is 1. The standard InChI is InChI=1S/C16H21BrO3/c1-20-14-5-4-12(10-13(14)17)6-9-16(11-15(18)19)7-2-3-8-16/h4-5,10H,2-3,6-9,11H2,1H3,(H,18,19). The van der Waals surface area contributed by atoms with E-state index in [1.54, 1.807) is 7.11 Å². The van der Waals surface area contributed by atoms with E-state index in [-0.39, 0.29) is 5.41 Å². The van der Waals surface area contributed by atoms with Gasteiger partial charge in [0, 0.05) is 0 Å². The molecule has 1 fully saturated rings. The number of aliphatic carboxylic acids is 1. The lowest BCUT2D eigenvalue weighted by Gasteiger charge is -2.27. The highest BCUT2D eigenvalue weighted by Crippen LogP contribution is 2.45. The Balaban J connectivity index is 2.02. The van der Waals surface area contributed by atoms with Crippen molar-refractivity contribution < 1.29 is 14.6 Å². The maximum Gasteiger partial charge on any atom is 0.303 e. The summed E-state index contributed by atoms with van der Waals surface area (Å²) in [6.45, 7) is 0. The fraction of sp³-hybridized carbons (Fsp3) is 0.562. The van der Waals surface area contributed by atoms with E-state index >= 15 is 0 Å². The van der Waals surface area contributed by atoms with Gasteiger partial charge in [0.25, 0.3) is 0 Å². The van der Waals surface area contributed by atoms with Gasteiger partial charge in [-0.2, -0.15) is 0 Å². The number of aryl methyl sites for hydroxylation is 1. The number of carboxylic acids is 1. The number of ether oxygens (including phenoxy) is 1. The van der Waals surface area contributed by atoms with Gasteiger partial charge in [-0.3, -0.25) is 4.79 Å². The summed E-state index contributed by atoms with van der Waals surface area (Å²) in [5, 5.41) is 9.12. The number of benzene rings is 1. The minimum atomic E-state index is -0.664. The molecule has 0 aliphatic heterocycles. The number of rotatable bonds is 6. The molecule has 0 amide bonds. The molecule has 1 aliphatic carbocycles. The number of halogens is 1. The molecule has 0 aromatic heterocycles. The molecule has 1 aromatic rings. The third-order valence-corrected chi connectivity index (χ3v) is 4.97. The number of carboxylic acid groups (broad SMARTS) is 1. The van der Waals surface area contributed by atoms with Crippen molar-refractivity contribution >= 4 is 21.9 Å². The molecule has 0 atom stereocenters. The van der Waals surface area contributed by atoms with Crippen LogP contribution in [-0.4, -0.2) is 18.2 Å². The minimum Gasteiger partial charge on any atom is -0.496 e. The summed E-state index contributed by atoms with van der Waals surface area (Å²) in [5.41, 5.74) is 1.24. The summed E-state index contributed by atoms with van der Waals surface area (Å²) < 4.78 is 6.18. The predicted octanol–water partition coefficient (Wildman–Crippen LogP) is 4.43. The molecule has 0 saturated heterocycles. The van der Waals surface area contributed by atoms with E-state index in [9.17, 15) is 4.79 Å². The summed E-state index contributed by atoms with van der Waals surface area (Å²) in [6.07, 6.45) is 6.63. The van der Waals surface area contributed by atoms with Gasteiger partial charge in [0.1, 0.15) is 5.75 Å². The van der Waals surface area contributed by atoms with Crippen molar-refractivity contribution in [2.75, 3.05) is 7.11 Å². The molecule has 0 unspecified atom stereocenters. The van der Waals surface area contributed by atoms with Gasteiger partial charge < -0.3 is 9.84 Å². The number of hydrogen-bond acceptors (Lipinski definition) is 2. The van der Waals surface area contributed by atoms with Gasteiger partial charge in [-0.1, -0.05) is 18.9 Å². The van der Waals surface area contributed by atoms with Crippen LogP contribution in [0.4, 0.5) is 0 Å². The van der Waals surface area contributed by atoms with Crippen LogP contribution in [0.25, 0.3) is 0 Å². The molecule has 2 rings (SSSR count). The molecule has 20 heavy (non-hydrogen) atoms. The molecule has 1 aliphatic rings. The Kier molecular flexibility index (Phi) is 5.08. The molecular formula is C16H21BrO3. The van der Waals surface area contributed by atoms with E-state index in [1.807, 2.05) is 6.07 Å². The molecule has 0 bridgehead atoms. The van der Waals surface area contributed by atoms with E-state index in [2.05, 4.69) is 28.1 Å². The van der Waals surface area contributed by atoms with Crippen molar-refractivity contribution in [3.63, 3.8) is 0 Å². The van der Waals surface area contributed by atoms with Crippen LogP contribution in [0.15, 0.2) is 22.7 Å². The van der Waals surface area contributed by atoms with E-state index in [4.69, 9.17) is 9.84 Å². The van der Waals surface area contributed by atoms with Crippen molar-refractivity contribution in [2.24, 2.45) is 5.41 Å². The normalized spacial score (nSPS) is 17.1. The molecule has 1 saturated carbocycles. The van der Waals surface area contributed by atoms with Gasteiger partial charge in [0.05, 0.1) is 18.0 Å². The Morgan fingerprint density at radius 1 is 1.40 bits per heavy atom. The molecule has 4 heteroatoms. The lowest BCUT2D eigenvalue weighted by atomic mass is 9.77. The molecule has 0 spiro atoms. The zero-order valence-corrected chi connectivity index (χ0v) is 13.4. The lowest BCUT2D eigenvalue weighted by molar-refractivity contribution is -0.139. The van der Waals surface area contributed by atoms with Crippen LogP contribution in [0.5, 0.6) is 5.75 Å². The molecule has 0 heterocycles. The molecule has 0 radical (unpaired) electrons. The van der Waals surface area contributed by atoms with Gasteiger partial charge in [-0.15, -0.1) is 0 Å². The predicted molar refractivity (Wildman–Crippen MR) is 82.2 cm³/mol. The second kappa shape index (κ2) is 6.61. The monoisotopic (exact) mass is 340 g/mol. The minimum absolute atomic E-state index is 0.0121. The van der Waals surface area contributed by atoms with Gasteiger partial charge in [0.15, 0.2) is 0 Å². The maximum atomic E-state index is 11.1. The molecular weight excluding hydrogens is 320 g/mol. The summed E-state index contributed by atoms with van der Waals surface area (Å²) >= 11 is 3.50. The van der Waals surface area contributed by atoms with E-state index in [0.29, 0.717) is 6.42 Å². The maximum absolute atomic E-state index is 11.1. The Morgan fingerprint density at radius 3 is 2.65 bits per heavy atom. The highest BCUT2D eigenvalue weighted by molar-refractivity contribution is 9.10. The van der Waals surface area contributed by atoms with Crippen LogP contribution in [0.1, 0.15) is 44.1 Å². The first-order valence-electron chi connectivity index (χ1n) is 7.09. The second-order valence-electron chi connectivity index (χ2n) is 5.75. The molecule has 1 N–H and O–H groups in total. The second-order valence-corrected chi connectivity index (χ2v) is 6.60. The van der Waals surface area contributed by atoms with E-state index < -0.39 is 5.97 Å². The Bertz CT molecular complexity index is 479. The first kappa shape index (κ1) is 15.4. The fourth-order valence-corrected chi connectivity index (χ4v) is 3.82. The quantitative estimate of drug-likeness (QED) is 0.833. The summed E-state index contributed by atoms with van der Waals surface area (Å²) in [6, 6.07) is 6.09. The van der Waals surface area contributed by atoms with Crippen molar-refractivity contribution in [3.8, 4) is 5.75 Å². The van der Waals surface area contributed by atoms with Gasteiger partial charge >= 0.3 is 5.97 Å². The lowest BCUT2D eigenvalue weighted by Crippen LogP contribution is -2.21. The van der Waals surface area contributed by atoms with Crippen molar-refractivity contribution in [1.29, 1.82) is 0 Å². The zero-order chi connectivity index (χ0) is 14.6. The van der Waals surface area contributed by atoms with Gasteiger partial charge in [-0.25, -0.2) is 0 Å². The number of hydrogen-bond donors (Lipinski definition) is 1. The van der Waals surface area contributed by atoms with Gasteiger partial charge in [-0.05, 0) is 64.7 Å². The smallest absolute Gasteiger partial charge is 0.303 e. The zero-order valence-electron chi connectivity index (χ0n) is 11.8. The van der Waals surface area contributed by atoms with Crippen LogP contribution < -0.4 is 4.74 Å². The van der Waals surface area contributed by atoms with Crippen LogP contribution in [0.2, 0.25) is 0 Å². The van der Waals surface area contributed by atoms with E-state index in [0.717, 1.165) is 35.9 Å². The van der Waals surface area contributed by atoms with Crippen LogP contribution in [0, 0.1) is 5.41 Å². The van der Waals surface area contributed by atoms with Crippen LogP contribution >= 0.6 is 15.9 Å².